The first kappa shape index (κ1) is 15.4. The molecule has 0 heterocycles. The maximum absolute atomic E-state index is 10.1. The molecule has 0 aliphatic heterocycles. The normalized spacial score (nSPS) is 24.2. The van der Waals surface area contributed by atoms with E-state index in [4.69, 9.17) is 4.74 Å². The molecule has 1 aliphatic carbocycles. The molecule has 1 fully saturated rings. The molecule has 112 valence electrons. The largest absolute Gasteiger partial charge is 0.488 e. The van der Waals surface area contributed by atoms with Gasteiger partial charge in [0.05, 0.1) is 6.10 Å². The molecule has 0 radical (unpaired) electrons. The molecule has 2 rings (SSSR count). The van der Waals surface area contributed by atoms with E-state index in [9.17, 15) is 5.11 Å². The fourth-order valence-corrected chi connectivity index (χ4v) is 2.76. The maximum atomic E-state index is 10.1. The standard InChI is InChI=1S/C18H28O2/c1-4-18(2,3)14-10-12-15(13-11-14)20-17-9-7-5-6-8-16(17)19/h10-13,16-17,19H,4-9H2,1-3H3. The highest BCUT2D eigenvalue weighted by Crippen LogP contribution is 2.29. The van der Waals surface area contributed by atoms with E-state index >= 15 is 0 Å². The second-order valence-electron chi connectivity index (χ2n) is 6.62. The number of rotatable bonds is 4. The van der Waals surface area contributed by atoms with Crippen LogP contribution in [0.5, 0.6) is 5.75 Å². The summed E-state index contributed by atoms with van der Waals surface area (Å²) in [6.07, 6.45) is 6.07. The van der Waals surface area contributed by atoms with Gasteiger partial charge in [-0.25, -0.2) is 0 Å². The van der Waals surface area contributed by atoms with Gasteiger partial charge in [0.15, 0.2) is 0 Å². The molecule has 20 heavy (non-hydrogen) atoms. The SMILES string of the molecule is CCC(C)(C)c1ccc(OC2CCCCCC2O)cc1. The quantitative estimate of drug-likeness (QED) is 0.823. The lowest BCUT2D eigenvalue weighted by Crippen LogP contribution is -2.30. The third-order valence-corrected chi connectivity index (χ3v) is 4.72. The third-order valence-electron chi connectivity index (χ3n) is 4.72. The first-order valence-electron chi connectivity index (χ1n) is 7.98. The number of hydrogen-bond donors (Lipinski definition) is 1. The van der Waals surface area contributed by atoms with Crippen molar-refractivity contribution in [2.24, 2.45) is 0 Å². The molecule has 1 aliphatic rings. The smallest absolute Gasteiger partial charge is 0.124 e. The van der Waals surface area contributed by atoms with E-state index in [1.807, 2.05) is 12.1 Å². The molecular weight excluding hydrogens is 248 g/mol. The number of aliphatic hydroxyl groups is 1. The maximum Gasteiger partial charge on any atom is 0.124 e. The van der Waals surface area contributed by atoms with Crippen LogP contribution in [-0.2, 0) is 5.41 Å². The van der Waals surface area contributed by atoms with Crippen LogP contribution in [-0.4, -0.2) is 17.3 Å². The zero-order valence-corrected chi connectivity index (χ0v) is 13.1. The predicted octanol–water partition coefficient (Wildman–Crippen LogP) is 4.45. The predicted molar refractivity (Wildman–Crippen MR) is 83.3 cm³/mol. The fraction of sp³-hybridized carbons (Fsp3) is 0.667. The third kappa shape index (κ3) is 3.76. The molecule has 2 nitrogen and oxygen atoms in total. The van der Waals surface area contributed by atoms with Crippen molar-refractivity contribution >= 4 is 0 Å². The average molecular weight is 276 g/mol. The van der Waals surface area contributed by atoms with Crippen molar-refractivity contribution in [3.05, 3.63) is 29.8 Å². The molecular formula is C18H28O2. The Morgan fingerprint density at radius 3 is 2.40 bits per heavy atom. The number of ether oxygens (including phenoxy) is 1. The Labute approximate surface area is 123 Å². The minimum Gasteiger partial charge on any atom is -0.488 e. The van der Waals surface area contributed by atoms with Gasteiger partial charge in [0.1, 0.15) is 11.9 Å². The topological polar surface area (TPSA) is 29.5 Å². The Bertz CT molecular complexity index is 408. The molecule has 0 spiro atoms. The monoisotopic (exact) mass is 276 g/mol. The summed E-state index contributed by atoms with van der Waals surface area (Å²) in [6, 6.07) is 8.40. The van der Waals surface area contributed by atoms with Crippen LogP contribution < -0.4 is 4.74 Å². The second kappa shape index (κ2) is 6.62. The lowest BCUT2D eigenvalue weighted by molar-refractivity contribution is 0.0319. The molecule has 2 atom stereocenters. The average Bonchev–Trinajstić information content (AvgIpc) is 2.65. The lowest BCUT2D eigenvalue weighted by Gasteiger charge is -2.25. The molecule has 0 saturated heterocycles. The number of aliphatic hydroxyl groups excluding tert-OH is 1. The zero-order chi connectivity index (χ0) is 14.6. The summed E-state index contributed by atoms with van der Waals surface area (Å²) in [5.41, 5.74) is 1.55. The summed E-state index contributed by atoms with van der Waals surface area (Å²) in [5.74, 6) is 0.881. The van der Waals surface area contributed by atoms with Gasteiger partial charge in [-0.05, 0) is 48.8 Å². The van der Waals surface area contributed by atoms with Gasteiger partial charge >= 0.3 is 0 Å². The summed E-state index contributed by atoms with van der Waals surface area (Å²) < 4.78 is 6.00. The van der Waals surface area contributed by atoms with Crippen molar-refractivity contribution in [3.8, 4) is 5.75 Å². The van der Waals surface area contributed by atoms with Crippen molar-refractivity contribution in [2.45, 2.75) is 76.9 Å². The van der Waals surface area contributed by atoms with Crippen LogP contribution in [0.3, 0.4) is 0 Å². The van der Waals surface area contributed by atoms with Crippen molar-refractivity contribution in [2.75, 3.05) is 0 Å². The summed E-state index contributed by atoms with van der Waals surface area (Å²) in [7, 11) is 0. The van der Waals surface area contributed by atoms with Crippen molar-refractivity contribution in [1.82, 2.24) is 0 Å². The molecule has 0 bridgehead atoms. The van der Waals surface area contributed by atoms with Crippen LogP contribution in [0.25, 0.3) is 0 Å². The molecule has 1 N–H and O–H groups in total. The minimum atomic E-state index is -0.316. The van der Waals surface area contributed by atoms with Gasteiger partial charge < -0.3 is 9.84 Å². The van der Waals surface area contributed by atoms with Gasteiger partial charge in [-0.15, -0.1) is 0 Å². The van der Waals surface area contributed by atoms with Crippen LogP contribution in [0.2, 0.25) is 0 Å². The summed E-state index contributed by atoms with van der Waals surface area (Å²) in [6.45, 7) is 6.74. The van der Waals surface area contributed by atoms with Gasteiger partial charge in [0.25, 0.3) is 0 Å². The van der Waals surface area contributed by atoms with Crippen LogP contribution in [0.1, 0.15) is 64.9 Å². The van der Waals surface area contributed by atoms with E-state index in [1.54, 1.807) is 0 Å². The number of hydrogen-bond acceptors (Lipinski definition) is 2. The van der Waals surface area contributed by atoms with Crippen molar-refractivity contribution in [1.29, 1.82) is 0 Å². The second-order valence-corrected chi connectivity index (χ2v) is 6.62. The first-order valence-corrected chi connectivity index (χ1v) is 7.98. The van der Waals surface area contributed by atoms with Gasteiger partial charge in [-0.3, -0.25) is 0 Å². The van der Waals surface area contributed by atoms with E-state index in [1.165, 1.54) is 12.0 Å². The molecule has 1 aromatic carbocycles. The molecule has 1 saturated carbocycles. The Kier molecular flexibility index (Phi) is 5.09. The molecule has 2 heteroatoms. The van der Waals surface area contributed by atoms with Crippen LogP contribution in [0.15, 0.2) is 24.3 Å². The summed E-state index contributed by atoms with van der Waals surface area (Å²) in [4.78, 5) is 0. The van der Waals surface area contributed by atoms with E-state index in [0.717, 1.165) is 37.9 Å². The summed E-state index contributed by atoms with van der Waals surface area (Å²) >= 11 is 0. The summed E-state index contributed by atoms with van der Waals surface area (Å²) in [5, 5.41) is 10.1. The van der Waals surface area contributed by atoms with Gasteiger partial charge in [-0.1, -0.05) is 45.7 Å². The van der Waals surface area contributed by atoms with Crippen LogP contribution in [0.4, 0.5) is 0 Å². The number of benzene rings is 1. The molecule has 0 amide bonds. The van der Waals surface area contributed by atoms with Crippen molar-refractivity contribution < 1.29 is 9.84 Å². The Morgan fingerprint density at radius 1 is 1.10 bits per heavy atom. The highest BCUT2D eigenvalue weighted by Gasteiger charge is 2.23. The van der Waals surface area contributed by atoms with E-state index in [0.29, 0.717) is 0 Å². The molecule has 1 aromatic rings. The zero-order valence-electron chi connectivity index (χ0n) is 13.1. The Morgan fingerprint density at radius 2 is 1.75 bits per heavy atom. The van der Waals surface area contributed by atoms with Crippen LogP contribution in [0, 0.1) is 0 Å². The Balaban J connectivity index is 2.03. The van der Waals surface area contributed by atoms with E-state index < -0.39 is 0 Å². The molecule has 2 unspecified atom stereocenters. The van der Waals surface area contributed by atoms with Crippen molar-refractivity contribution in [3.63, 3.8) is 0 Å². The highest BCUT2D eigenvalue weighted by molar-refractivity contribution is 5.31. The Hall–Kier alpha value is -1.02. The first-order chi connectivity index (χ1) is 9.53. The highest BCUT2D eigenvalue weighted by atomic mass is 16.5. The van der Waals surface area contributed by atoms with Gasteiger partial charge in [0.2, 0.25) is 0 Å². The van der Waals surface area contributed by atoms with E-state index in [2.05, 4.69) is 32.9 Å². The lowest BCUT2D eigenvalue weighted by atomic mass is 9.82. The molecule has 0 aromatic heterocycles. The van der Waals surface area contributed by atoms with Gasteiger partial charge in [0, 0.05) is 0 Å². The minimum absolute atomic E-state index is 0.0393. The van der Waals surface area contributed by atoms with Gasteiger partial charge in [-0.2, -0.15) is 0 Å². The van der Waals surface area contributed by atoms with Crippen LogP contribution >= 0.6 is 0 Å². The van der Waals surface area contributed by atoms with E-state index in [-0.39, 0.29) is 17.6 Å². The fourth-order valence-electron chi connectivity index (χ4n) is 2.76.